The van der Waals surface area contributed by atoms with E-state index >= 15 is 0 Å². The molecule has 1 heterocycles. The summed E-state index contributed by atoms with van der Waals surface area (Å²) in [5.41, 5.74) is 9.91. The van der Waals surface area contributed by atoms with Crippen LogP contribution in [0.2, 0.25) is 0 Å². The third-order valence-electron chi connectivity index (χ3n) is 2.70. The molecule has 1 aromatic carbocycles. The highest BCUT2D eigenvalue weighted by Crippen LogP contribution is 2.28. The van der Waals surface area contributed by atoms with Crippen molar-refractivity contribution in [1.29, 1.82) is 5.26 Å². The molecule has 0 spiro atoms. The quantitative estimate of drug-likeness (QED) is 0.789. The first-order valence-electron chi connectivity index (χ1n) is 4.85. The predicted octanol–water partition coefficient (Wildman–Crippen LogP) is 2.41. The van der Waals surface area contributed by atoms with Crippen LogP contribution in [0.5, 0.6) is 0 Å². The highest BCUT2D eigenvalue weighted by Gasteiger charge is 2.10. The second kappa shape index (κ2) is 3.70. The monoisotopic (exact) mass is 213 g/mol. The Hall–Kier alpha value is -2.28. The SMILES string of the molecule is Cc1cc(-c2cnoc2N)cc(C#N)c1C. The van der Waals surface area contributed by atoms with Crippen LogP contribution in [0.25, 0.3) is 11.1 Å². The Morgan fingerprint density at radius 1 is 1.38 bits per heavy atom. The minimum Gasteiger partial charge on any atom is -0.367 e. The van der Waals surface area contributed by atoms with Crippen molar-refractivity contribution in [3.8, 4) is 17.2 Å². The molecule has 2 aromatic rings. The molecule has 0 amide bonds. The van der Waals surface area contributed by atoms with E-state index in [1.54, 1.807) is 12.3 Å². The number of rotatable bonds is 1. The molecule has 1 aromatic heterocycles. The molecular formula is C12H11N3O. The van der Waals surface area contributed by atoms with Crippen LogP contribution in [0.1, 0.15) is 16.7 Å². The van der Waals surface area contributed by atoms with Gasteiger partial charge >= 0.3 is 0 Å². The van der Waals surface area contributed by atoms with E-state index in [-0.39, 0.29) is 5.88 Å². The van der Waals surface area contributed by atoms with E-state index in [1.807, 2.05) is 19.9 Å². The van der Waals surface area contributed by atoms with Crippen LogP contribution in [0.4, 0.5) is 5.88 Å². The molecule has 0 aliphatic heterocycles. The van der Waals surface area contributed by atoms with Gasteiger partial charge in [0.25, 0.3) is 0 Å². The van der Waals surface area contributed by atoms with Crippen molar-refractivity contribution in [2.75, 3.05) is 5.73 Å². The summed E-state index contributed by atoms with van der Waals surface area (Å²) in [5, 5.41) is 12.6. The Kier molecular flexibility index (Phi) is 2.37. The molecule has 0 radical (unpaired) electrons. The average Bonchev–Trinajstić information content (AvgIpc) is 2.68. The maximum atomic E-state index is 9.01. The fourth-order valence-corrected chi connectivity index (χ4v) is 1.60. The number of aryl methyl sites for hydroxylation is 1. The minimum atomic E-state index is 0.271. The van der Waals surface area contributed by atoms with E-state index < -0.39 is 0 Å². The Bertz CT molecular complexity index is 578. The molecule has 0 aliphatic rings. The van der Waals surface area contributed by atoms with Gasteiger partial charge in [-0.05, 0) is 36.6 Å². The van der Waals surface area contributed by atoms with Gasteiger partial charge in [-0.2, -0.15) is 5.26 Å². The van der Waals surface area contributed by atoms with Gasteiger partial charge in [-0.1, -0.05) is 11.2 Å². The molecule has 2 N–H and O–H groups in total. The zero-order valence-electron chi connectivity index (χ0n) is 9.11. The molecule has 0 saturated carbocycles. The zero-order valence-corrected chi connectivity index (χ0v) is 9.11. The number of nitrogens with two attached hydrogens (primary N) is 1. The van der Waals surface area contributed by atoms with Crippen LogP contribution >= 0.6 is 0 Å². The van der Waals surface area contributed by atoms with Crippen LogP contribution in [0, 0.1) is 25.2 Å². The number of nitrogen functional groups attached to an aromatic ring is 1. The van der Waals surface area contributed by atoms with Crippen molar-refractivity contribution in [3.05, 3.63) is 35.0 Å². The lowest BCUT2D eigenvalue weighted by atomic mass is 9.97. The molecular weight excluding hydrogens is 202 g/mol. The van der Waals surface area contributed by atoms with Crippen molar-refractivity contribution in [1.82, 2.24) is 5.16 Å². The van der Waals surface area contributed by atoms with Gasteiger partial charge in [0.05, 0.1) is 23.4 Å². The molecule has 0 bridgehead atoms. The molecule has 0 aliphatic carbocycles. The Morgan fingerprint density at radius 3 is 2.69 bits per heavy atom. The normalized spacial score (nSPS) is 10.1. The summed E-state index contributed by atoms with van der Waals surface area (Å²) in [7, 11) is 0. The van der Waals surface area contributed by atoms with Gasteiger partial charge in [0, 0.05) is 0 Å². The summed E-state index contributed by atoms with van der Waals surface area (Å²) in [5.74, 6) is 0.271. The molecule has 0 saturated heterocycles. The fraction of sp³-hybridized carbons (Fsp3) is 0.167. The van der Waals surface area contributed by atoms with Gasteiger partial charge in [0.1, 0.15) is 0 Å². The lowest BCUT2D eigenvalue weighted by Crippen LogP contribution is -1.91. The van der Waals surface area contributed by atoms with Crippen molar-refractivity contribution < 1.29 is 4.52 Å². The number of nitrogens with zero attached hydrogens (tertiary/aromatic N) is 2. The third-order valence-corrected chi connectivity index (χ3v) is 2.70. The first kappa shape index (κ1) is 10.2. The van der Waals surface area contributed by atoms with E-state index in [1.165, 1.54) is 0 Å². The standard InChI is InChI=1S/C12H11N3O/c1-7-3-9(4-10(5-13)8(7)2)11-6-15-16-12(11)14/h3-4,6H,14H2,1-2H3. The molecule has 4 heteroatoms. The maximum absolute atomic E-state index is 9.01. The highest BCUT2D eigenvalue weighted by molar-refractivity contribution is 5.74. The highest BCUT2D eigenvalue weighted by atomic mass is 16.5. The summed E-state index contributed by atoms with van der Waals surface area (Å²) >= 11 is 0. The van der Waals surface area contributed by atoms with E-state index in [4.69, 9.17) is 15.5 Å². The predicted molar refractivity (Wildman–Crippen MR) is 60.5 cm³/mol. The number of benzene rings is 1. The van der Waals surface area contributed by atoms with Gasteiger partial charge < -0.3 is 10.3 Å². The van der Waals surface area contributed by atoms with E-state index in [0.717, 1.165) is 22.3 Å². The Labute approximate surface area is 93.3 Å². The second-order valence-corrected chi connectivity index (χ2v) is 3.68. The first-order valence-corrected chi connectivity index (χ1v) is 4.85. The van der Waals surface area contributed by atoms with Crippen LogP contribution in [0.15, 0.2) is 22.9 Å². The number of hydrogen-bond donors (Lipinski definition) is 1. The van der Waals surface area contributed by atoms with Gasteiger partial charge in [-0.25, -0.2) is 0 Å². The summed E-state index contributed by atoms with van der Waals surface area (Å²) < 4.78 is 4.81. The Balaban J connectivity index is 2.65. The number of anilines is 1. The largest absolute Gasteiger partial charge is 0.367 e. The van der Waals surface area contributed by atoms with Gasteiger partial charge in [0.2, 0.25) is 5.88 Å². The first-order chi connectivity index (χ1) is 7.63. The molecule has 2 rings (SSSR count). The molecule has 4 nitrogen and oxygen atoms in total. The summed E-state index contributed by atoms with van der Waals surface area (Å²) in [6, 6.07) is 5.93. The van der Waals surface area contributed by atoms with E-state index in [0.29, 0.717) is 5.56 Å². The maximum Gasteiger partial charge on any atom is 0.229 e. The molecule has 0 atom stereocenters. The van der Waals surface area contributed by atoms with Gasteiger partial charge in [-0.15, -0.1) is 0 Å². The smallest absolute Gasteiger partial charge is 0.229 e. The van der Waals surface area contributed by atoms with Crippen molar-refractivity contribution in [2.45, 2.75) is 13.8 Å². The third kappa shape index (κ3) is 1.52. The number of nitriles is 1. The van der Waals surface area contributed by atoms with E-state index in [2.05, 4.69) is 11.2 Å². The van der Waals surface area contributed by atoms with Crippen molar-refractivity contribution >= 4 is 5.88 Å². The molecule has 0 unspecified atom stereocenters. The summed E-state index contributed by atoms with van der Waals surface area (Å²) in [6.07, 6.45) is 1.56. The van der Waals surface area contributed by atoms with E-state index in [9.17, 15) is 0 Å². The lowest BCUT2D eigenvalue weighted by Gasteiger charge is -2.06. The molecule has 0 fully saturated rings. The minimum absolute atomic E-state index is 0.271. The van der Waals surface area contributed by atoms with Crippen LogP contribution < -0.4 is 5.73 Å². The number of hydrogen-bond acceptors (Lipinski definition) is 4. The number of aromatic nitrogens is 1. The molecule has 80 valence electrons. The van der Waals surface area contributed by atoms with Gasteiger partial charge in [0.15, 0.2) is 0 Å². The van der Waals surface area contributed by atoms with Crippen molar-refractivity contribution in [3.63, 3.8) is 0 Å². The topological polar surface area (TPSA) is 75.8 Å². The summed E-state index contributed by atoms with van der Waals surface area (Å²) in [6.45, 7) is 3.89. The van der Waals surface area contributed by atoms with Crippen molar-refractivity contribution in [2.24, 2.45) is 0 Å². The van der Waals surface area contributed by atoms with Crippen LogP contribution in [-0.4, -0.2) is 5.16 Å². The lowest BCUT2D eigenvalue weighted by molar-refractivity contribution is 0.436. The Morgan fingerprint density at radius 2 is 2.12 bits per heavy atom. The van der Waals surface area contributed by atoms with Crippen LogP contribution in [0.3, 0.4) is 0 Å². The second-order valence-electron chi connectivity index (χ2n) is 3.68. The van der Waals surface area contributed by atoms with Crippen LogP contribution in [-0.2, 0) is 0 Å². The summed E-state index contributed by atoms with van der Waals surface area (Å²) in [4.78, 5) is 0. The molecule has 16 heavy (non-hydrogen) atoms. The fourth-order valence-electron chi connectivity index (χ4n) is 1.60. The average molecular weight is 213 g/mol. The zero-order chi connectivity index (χ0) is 11.7. The van der Waals surface area contributed by atoms with Gasteiger partial charge in [-0.3, -0.25) is 0 Å².